The van der Waals surface area contributed by atoms with E-state index in [1.807, 2.05) is 6.92 Å². The number of carbonyl (C=O) groups is 1. The summed E-state index contributed by atoms with van der Waals surface area (Å²) >= 11 is 0. The molecule has 0 aliphatic heterocycles. The molecule has 0 atom stereocenters. The normalized spacial score (nSPS) is 11.3. The Morgan fingerprint density at radius 3 is 2.29 bits per heavy atom. The van der Waals surface area contributed by atoms with Crippen LogP contribution < -0.4 is 10.1 Å². The summed E-state index contributed by atoms with van der Waals surface area (Å²) < 4.78 is 30.2. The van der Waals surface area contributed by atoms with E-state index < -0.39 is 21.0 Å². The summed E-state index contributed by atoms with van der Waals surface area (Å²) in [5, 5.41) is 2.12. The second-order valence-electron chi connectivity index (χ2n) is 5.50. The summed E-state index contributed by atoms with van der Waals surface area (Å²) in [4.78, 5) is 12.6. The molecule has 0 unspecified atom stereocenters. The Morgan fingerprint density at radius 1 is 1.08 bits per heavy atom. The van der Waals surface area contributed by atoms with Gasteiger partial charge in [-0.3, -0.25) is 4.79 Å². The van der Waals surface area contributed by atoms with Crippen molar-refractivity contribution in [2.75, 3.05) is 11.9 Å². The number of hydrogen-bond acceptors (Lipinski definition) is 4. The van der Waals surface area contributed by atoms with Gasteiger partial charge in [0.15, 0.2) is 9.84 Å². The number of amides is 1. The van der Waals surface area contributed by atoms with Gasteiger partial charge in [-0.15, -0.1) is 0 Å². The summed E-state index contributed by atoms with van der Waals surface area (Å²) in [5.74, 6) is 0.247. The van der Waals surface area contributed by atoms with Crippen LogP contribution in [0.3, 0.4) is 0 Å². The molecule has 0 saturated heterocycles. The molecule has 6 heteroatoms. The summed E-state index contributed by atoms with van der Waals surface area (Å²) in [6.45, 7) is 5.64. The van der Waals surface area contributed by atoms with Gasteiger partial charge >= 0.3 is 0 Å². The Hall–Kier alpha value is -2.34. The molecule has 0 aliphatic rings. The quantitative estimate of drug-likeness (QED) is 0.868. The van der Waals surface area contributed by atoms with Gasteiger partial charge in [-0.25, -0.2) is 8.42 Å². The van der Waals surface area contributed by atoms with E-state index in [1.54, 1.807) is 50.2 Å². The van der Waals surface area contributed by atoms with Gasteiger partial charge in [0.2, 0.25) is 0 Å². The smallest absolute Gasteiger partial charge is 0.256 e. The Labute approximate surface area is 142 Å². The largest absolute Gasteiger partial charge is 0.494 e. The number of hydrogen-bond donors (Lipinski definition) is 1. The lowest BCUT2D eigenvalue weighted by Gasteiger charge is -2.13. The van der Waals surface area contributed by atoms with Crippen molar-refractivity contribution in [3.05, 3.63) is 54.1 Å². The monoisotopic (exact) mass is 347 g/mol. The first-order valence-electron chi connectivity index (χ1n) is 7.73. The maximum atomic E-state index is 12.5. The molecule has 2 aromatic carbocycles. The Bertz CT molecular complexity index is 811. The number of rotatable bonds is 6. The maximum Gasteiger partial charge on any atom is 0.256 e. The molecule has 5 nitrogen and oxygen atoms in total. The standard InChI is InChI=1S/C18H21NO4S/c1-4-23-15-11-9-14(10-12-15)19-18(20)16-7-5-6-8-17(16)24(21,22)13(2)3/h5-13H,4H2,1-3H3,(H,19,20). The highest BCUT2D eigenvalue weighted by Crippen LogP contribution is 2.22. The molecule has 0 spiro atoms. The SMILES string of the molecule is CCOc1ccc(NC(=O)c2ccccc2S(=O)(=O)C(C)C)cc1. The zero-order valence-electron chi connectivity index (χ0n) is 13.9. The van der Waals surface area contributed by atoms with Crippen molar-refractivity contribution >= 4 is 21.4 Å². The second kappa shape index (κ2) is 7.49. The molecule has 1 amide bonds. The summed E-state index contributed by atoms with van der Waals surface area (Å²) in [7, 11) is -3.54. The van der Waals surface area contributed by atoms with E-state index in [4.69, 9.17) is 4.74 Å². The lowest BCUT2D eigenvalue weighted by molar-refractivity contribution is 0.102. The first-order chi connectivity index (χ1) is 11.4. The van der Waals surface area contributed by atoms with Crippen LogP contribution in [-0.4, -0.2) is 26.2 Å². The lowest BCUT2D eigenvalue weighted by atomic mass is 10.2. The van der Waals surface area contributed by atoms with E-state index in [0.717, 1.165) is 0 Å². The molecule has 1 N–H and O–H groups in total. The van der Waals surface area contributed by atoms with Gasteiger partial charge in [-0.2, -0.15) is 0 Å². The fraction of sp³-hybridized carbons (Fsp3) is 0.278. The predicted octanol–water partition coefficient (Wildman–Crippen LogP) is 3.52. The van der Waals surface area contributed by atoms with Crippen LogP contribution >= 0.6 is 0 Å². The number of ether oxygens (including phenoxy) is 1. The molecule has 2 aromatic rings. The van der Waals surface area contributed by atoms with Gasteiger partial charge in [0.05, 0.1) is 22.3 Å². The third-order valence-corrected chi connectivity index (χ3v) is 5.69. The van der Waals surface area contributed by atoms with E-state index in [9.17, 15) is 13.2 Å². The van der Waals surface area contributed by atoms with Crippen LogP contribution in [0, 0.1) is 0 Å². The number of carbonyl (C=O) groups excluding carboxylic acids is 1. The van der Waals surface area contributed by atoms with Crippen molar-refractivity contribution < 1.29 is 17.9 Å². The van der Waals surface area contributed by atoms with Gasteiger partial charge in [0.1, 0.15) is 5.75 Å². The van der Waals surface area contributed by atoms with Crippen LogP contribution in [0.4, 0.5) is 5.69 Å². The average Bonchev–Trinajstić information content (AvgIpc) is 2.56. The molecule has 0 bridgehead atoms. The fourth-order valence-corrected chi connectivity index (χ4v) is 3.40. The topological polar surface area (TPSA) is 72.5 Å². The van der Waals surface area contributed by atoms with Crippen molar-refractivity contribution in [3.8, 4) is 5.75 Å². The number of nitrogens with one attached hydrogen (secondary N) is 1. The second-order valence-corrected chi connectivity index (χ2v) is 7.97. The number of benzene rings is 2. The Kier molecular flexibility index (Phi) is 5.62. The zero-order chi connectivity index (χ0) is 17.7. The zero-order valence-corrected chi connectivity index (χ0v) is 14.8. The average molecular weight is 347 g/mol. The van der Waals surface area contributed by atoms with E-state index in [-0.39, 0.29) is 10.5 Å². The molecule has 0 fully saturated rings. The van der Waals surface area contributed by atoms with Gasteiger partial charge in [0.25, 0.3) is 5.91 Å². The third-order valence-electron chi connectivity index (χ3n) is 3.48. The predicted molar refractivity (Wildman–Crippen MR) is 94.3 cm³/mol. The van der Waals surface area contributed by atoms with Crippen LogP contribution in [0.1, 0.15) is 31.1 Å². The van der Waals surface area contributed by atoms with Crippen molar-refractivity contribution in [2.24, 2.45) is 0 Å². The Balaban J connectivity index is 2.28. The highest BCUT2D eigenvalue weighted by atomic mass is 32.2. The van der Waals surface area contributed by atoms with E-state index >= 15 is 0 Å². The van der Waals surface area contributed by atoms with Crippen molar-refractivity contribution in [1.82, 2.24) is 0 Å². The van der Waals surface area contributed by atoms with Crippen LogP contribution in [-0.2, 0) is 9.84 Å². The van der Waals surface area contributed by atoms with Crippen molar-refractivity contribution in [1.29, 1.82) is 0 Å². The Morgan fingerprint density at radius 2 is 1.71 bits per heavy atom. The molecule has 0 saturated carbocycles. The van der Waals surface area contributed by atoms with Crippen LogP contribution in [0.15, 0.2) is 53.4 Å². The van der Waals surface area contributed by atoms with Gasteiger partial charge in [-0.05, 0) is 57.2 Å². The summed E-state index contributed by atoms with van der Waals surface area (Å²) in [5.41, 5.74) is 0.709. The van der Waals surface area contributed by atoms with E-state index in [2.05, 4.69) is 5.32 Å². The maximum absolute atomic E-state index is 12.5. The van der Waals surface area contributed by atoms with Crippen molar-refractivity contribution in [3.63, 3.8) is 0 Å². The summed E-state index contributed by atoms with van der Waals surface area (Å²) in [6.07, 6.45) is 0. The minimum absolute atomic E-state index is 0.0448. The highest BCUT2D eigenvalue weighted by Gasteiger charge is 2.25. The third kappa shape index (κ3) is 3.94. The van der Waals surface area contributed by atoms with E-state index in [0.29, 0.717) is 18.0 Å². The van der Waals surface area contributed by atoms with Crippen LogP contribution in [0.25, 0.3) is 0 Å². The summed E-state index contributed by atoms with van der Waals surface area (Å²) in [6, 6.07) is 13.1. The first kappa shape index (κ1) is 18.0. The van der Waals surface area contributed by atoms with Gasteiger partial charge in [-0.1, -0.05) is 12.1 Å². The van der Waals surface area contributed by atoms with Crippen LogP contribution in [0.5, 0.6) is 5.75 Å². The molecular formula is C18H21NO4S. The highest BCUT2D eigenvalue weighted by molar-refractivity contribution is 7.92. The van der Waals surface area contributed by atoms with E-state index in [1.165, 1.54) is 12.1 Å². The number of sulfone groups is 1. The first-order valence-corrected chi connectivity index (χ1v) is 9.28. The van der Waals surface area contributed by atoms with Gasteiger partial charge < -0.3 is 10.1 Å². The minimum Gasteiger partial charge on any atom is -0.494 e. The minimum atomic E-state index is -3.54. The van der Waals surface area contributed by atoms with Gasteiger partial charge in [0, 0.05) is 5.69 Å². The molecular weight excluding hydrogens is 326 g/mol. The van der Waals surface area contributed by atoms with Crippen molar-refractivity contribution in [2.45, 2.75) is 30.9 Å². The molecule has 24 heavy (non-hydrogen) atoms. The van der Waals surface area contributed by atoms with Crippen LogP contribution in [0.2, 0.25) is 0 Å². The molecule has 0 radical (unpaired) electrons. The lowest BCUT2D eigenvalue weighted by Crippen LogP contribution is -2.20. The molecule has 2 rings (SSSR count). The molecule has 0 heterocycles. The fourth-order valence-electron chi connectivity index (χ4n) is 2.16. The molecule has 0 aliphatic carbocycles. The number of anilines is 1. The molecule has 0 aromatic heterocycles. The molecule has 128 valence electrons.